The first-order valence-corrected chi connectivity index (χ1v) is 8.22. The molecule has 2 aromatic rings. The minimum atomic E-state index is -0.710. The van der Waals surface area contributed by atoms with E-state index in [-0.39, 0.29) is 29.6 Å². The Kier molecular flexibility index (Phi) is 5.01. The summed E-state index contributed by atoms with van der Waals surface area (Å²) in [5, 5.41) is 3.20. The molecule has 1 aliphatic heterocycles. The number of carbonyl (C=O) groups is 3. The standard InChI is InChI=1S/C17H13Cl2N3O4/c18-9-1-4-14-13(5-9)22(16(24)8-26-14)7-15(23)21-10-2-3-12(19)11(6-10)17(20)25/h1-6H,7-8H2,(H2,20,25)(H,21,23). The third kappa shape index (κ3) is 3.74. The van der Waals surface area contributed by atoms with E-state index in [4.69, 9.17) is 33.7 Å². The second kappa shape index (κ2) is 7.23. The molecule has 0 spiro atoms. The van der Waals surface area contributed by atoms with Crippen LogP contribution in [0.5, 0.6) is 5.75 Å². The first kappa shape index (κ1) is 18.0. The molecule has 3 amide bonds. The first-order chi connectivity index (χ1) is 12.3. The molecule has 134 valence electrons. The van der Waals surface area contributed by atoms with Crippen LogP contribution in [-0.4, -0.2) is 30.9 Å². The molecule has 26 heavy (non-hydrogen) atoms. The Morgan fingerprint density at radius 3 is 2.69 bits per heavy atom. The highest BCUT2D eigenvalue weighted by atomic mass is 35.5. The average Bonchev–Trinajstić information content (AvgIpc) is 2.59. The van der Waals surface area contributed by atoms with Crippen molar-refractivity contribution in [3.8, 4) is 5.75 Å². The lowest BCUT2D eigenvalue weighted by atomic mass is 10.2. The number of hydrogen-bond acceptors (Lipinski definition) is 4. The fourth-order valence-electron chi connectivity index (χ4n) is 2.48. The first-order valence-electron chi connectivity index (χ1n) is 7.47. The van der Waals surface area contributed by atoms with Crippen LogP contribution in [0, 0.1) is 0 Å². The summed E-state index contributed by atoms with van der Waals surface area (Å²) in [4.78, 5) is 37.1. The van der Waals surface area contributed by atoms with Crippen LogP contribution in [0.4, 0.5) is 11.4 Å². The van der Waals surface area contributed by atoms with E-state index in [1.165, 1.54) is 23.1 Å². The summed E-state index contributed by atoms with van der Waals surface area (Å²) in [6, 6.07) is 9.16. The molecular formula is C17H13Cl2N3O4. The van der Waals surface area contributed by atoms with Gasteiger partial charge in [-0.1, -0.05) is 23.2 Å². The van der Waals surface area contributed by atoms with Crippen LogP contribution < -0.4 is 20.7 Å². The Hall–Kier alpha value is -2.77. The molecule has 7 nitrogen and oxygen atoms in total. The highest BCUT2D eigenvalue weighted by molar-refractivity contribution is 6.34. The van der Waals surface area contributed by atoms with Gasteiger partial charge in [0.05, 0.1) is 16.3 Å². The molecule has 0 fully saturated rings. The number of ether oxygens (including phenoxy) is 1. The van der Waals surface area contributed by atoms with Crippen molar-refractivity contribution in [1.29, 1.82) is 0 Å². The third-order valence-electron chi connectivity index (χ3n) is 3.68. The quantitative estimate of drug-likeness (QED) is 0.832. The molecule has 0 saturated carbocycles. The minimum Gasteiger partial charge on any atom is -0.482 e. The molecular weight excluding hydrogens is 381 g/mol. The normalized spacial score (nSPS) is 13.0. The van der Waals surface area contributed by atoms with Gasteiger partial charge in [-0.15, -0.1) is 0 Å². The van der Waals surface area contributed by atoms with Crippen molar-refractivity contribution in [2.24, 2.45) is 5.73 Å². The van der Waals surface area contributed by atoms with E-state index in [1.807, 2.05) is 0 Å². The summed E-state index contributed by atoms with van der Waals surface area (Å²) < 4.78 is 5.33. The summed E-state index contributed by atoms with van der Waals surface area (Å²) in [5.41, 5.74) is 6.07. The highest BCUT2D eigenvalue weighted by Crippen LogP contribution is 2.34. The number of benzene rings is 2. The van der Waals surface area contributed by atoms with Crippen LogP contribution in [0.15, 0.2) is 36.4 Å². The van der Waals surface area contributed by atoms with Gasteiger partial charge in [0.2, 0.25) is 11.8 Å². The van der Waals surface area contributed by atoms with Crippen molar-refractivity contribution >= 4 is 52.3 Å². The van der Waals surface area contributed by atoms with Gasteiger partial charge in [-0.25, -0.2) is 0 Å². The number of nitrogens with zero attached hydrogens (tertiary/aromatic N) is 1. The Bertz CT molecular complexity index is 917. The fraction of sp³-hybridized carbons (Fsp3) is 0.118. The van der Waals surface area contributed by atoms with Gasteiger partial charge in [0.25, 0.3) is 5.91 Å². The number of primary amides is 1. The SMILES string of the molecule is NC(=O)c1cc(NC(=O)CN2C(=O)COc3ccc(Cl)cc32)ccc1Cl. The van der Waals surface area contributed by atoms with E-state index >= 15 is 0 Å². The third-order valence-corrected chi connectivity index (χ3v) is 4.25. The summed E-state index contributed by atoms with van der Waals surface area (Å²) in [5.74, 6) is -1.09. The number of carbonyl (C=O) groups excluding carboxylic acids is 3. The number of hydrogen-bond donors (Lipinski definition) is 2. The predicted octanol–water partition coefficient (Wildman–Crippen LogP) is 2.46. The maximum absolute atomic E-state index is 12.4. The predicted molar refractivity (Wildman–Crippen MR) is 97.9 cm³/mol. The van der Waals surface area contributed by atoms with Crippen LogP contribution in [0.3, 0.4) is 0 Å². The Morgan fingerprint density at radius 1 is 1.19 bits per heavy atom. The molecule has 2 aromatic carbocycles. The lowest BCUT2D eigenvalue weighted by Crippen LogP contribution is -2.43. The molecule has 9 heteroatoms. The van der Waals surface area contributed by atoms with Crippen molar-refractivity contribution in [3.05, 3.63) is 52.0 Å². The molecule has 0 saturated heterocycles. The largest absolute Gasteiger partial charge is 0.482 e. The molecule has 3 rings (SSSR count). The van der Waals surface area contributed by atoms with Gasteiger partial charge in [-0.2, -0.15) is 0 Å². The molecule has 0 aliphatic carbocycles. The fourth-order valence-corrected chi connectivity index (χ4v) is 2.86. The van der Waals surface area contributed by atoms with Gasteiger partial charge in [-0.3, -0.25) is 19.3 Å². The van der Waals surface area contributed by atoms with Gasteiger partial charge in [0.15, 0.2) is 6.61 Å². The number of fused-ring (bicyclic) bond motifs is 1. The second-order valence-electron chi connectivity index (χ2n) is 5.49. The van der Waals surface area contributed by atoms with E-state index in [0.717, 1.165) is 0 Å². The summed E-state index contributed by atoms with van der Waals surface area (Å²) >= 11 is 11.8. The number of halogens is 2. The zero-order valence-electron chi connectivity index (χ0n) is 13.3. The van der Waals surface area contributed by atoms with Gasteiger partial charge in [0.1, 0.15) is 12.3 Å². The molecule has 1 aliphatic rings. The maximum Gasteiger partial charge on any atom is 0.265 e. The van der Waals surface area contributed by atoms with Crippen molar-refractivity contribution in [2.45, 2.75) is 0 Å². The molecule has 0 aromatic heterocycles. The molecule has 1 heterocycles. The van der Waals surface area contributed by atoms with E-state index in [9.17, 15) is 14.4 Å². The topological polar surface area (TPSA) is 102 Å². The van der Waals surface area contributed by atoms with Crippen molar-refractivity contribution in [2.75, 3.05) is 23.4 Å². The van der Waals surface area contributed by atoms with Gasteiger partial charge in [0, 0.05) is 10.7 Å². The van der Waals surface area contributed by atoms with E-state index in [2.05, 4.69) is 5.32 Å². The molecule has 0 atom stereocenters. The number of anilines is 2. The van der Waals surface area contributed by atoms with Crippen LogP contribution in [0.2, 0.25) is 10.0 Å². The molecule has 0 unspecified atom stereocenters. The van der Waals surface area contributed by atoms with Crippen LogP contribution >= 0.6 is 23.2 Å². The molecule has 3 N–H and O–H groups in total. The Morgan fingerprint density at radius 2 is 1.96 bits per heavy atom. The number of nitrogens with one attached hydrogen (secondary N) is 1. The van der Waals surface area contributed by atoms with E-state index in [0.29, 0.717) is 22.1 Å². The van der Waals surface area contributed by atoms with Crippen molar-refractivity contribution < 1.29 is 19.1 Å². The van der Waals surface area contributed by atoms with E-state index < -0.39 is 11.8 Å². The zero-order chi connectivity index (χ0) is 18.8. The molecule has 0 radical (unpaired) electrons. The number of rotatable bonds is 4. The average molecular weight is 394 g/mol. The molecule has 0 bridgehead atoms. The van der Waals surface area contributed by atoms with Crippen molar-refractivity contribution in [3.63, 3.8) is 0 Å². The van der Waals surface area contributed by atoms with Crippen LogP contribution in [0.25, 0.3) is 0 Å². The summed E-state index contributed by atoms with van der Waals surface area (Å²) in [6.07, 6.45) is 0. The monoisotopic (exact) mass is 393 g/mol. The summed E-state index contributed by atoms with van der Waals surface area (Å²) in [7, 11) is 0. The number of nitrogens with two attached hydrogens (primary N) is 1. The maximum atomic E-state index is 12.4. The van der Waals surface area contributed by atoms with Crippen LogP contribution in [-0.2, 0) is 9.59 Å². The smallest absolute Gasteiger partial charge is 0.265 e. The van der Waals surface area contributed by atoms with Gasteiger partial charge >= 0.3 is 0 Å². The highest BCUT2D eigenvalue weighted by Gasteiger charge is 2.27. The lowest BCUT2D eigenvalue weighted by molar-refractivity contribution is -0.123. The Balaban J connectivity index is 1.79. The Labute approximate surface area is 158 Å². The zero-order valence-corrected chi connectivity index (χ0v) is 14.8. The summed E-state index contributed by atoms with van der Waals surface area (Å²) in [6.45, 7) is -0.418. The minimum absolute atomic E-state index is 0.0871. The van der Waals surface area contributed by atoms with Gasteiger partial charge < -0.3 is 15.8 Å². The van der Waals surface area contributed by atoms with Crippen LogP contribution in [0.1, 0.15) is 10.4 Å². The van der Waals surface area contributed by atoms with E-state index in [1.54, 1.807) is 18.2 Å². The van der Waals surface area contributed by atoms with Crippen molar-refractivity contribution in [1.82, 2.24) is 0 Å². The number of amides is 3. The lowest BCUT2D eigenvalue weighted by Gasteiger charge is -2.29. The second-order valence-corrected chi connectivity index (χ2v) is 6.33. The van der Waals surface area contributed by atoms with Gasteiger partial charge in [-0.05, 0) is 36.4 Å².